The molecule has 7 nitrogen and oxygen atoms in total. The number of carbonyl (C=O) groups is 4. The fourth-order valence-corrected chi connectivity index (χ4v) is 3.79. The van der Waals surface area contributed by atoms with Gasteiger partial charge in [-0.1, -0.05) is 45.1 Å². The fourth-order valence-electron chi connectivity index (χ4n) is 3.79. The Bertz CT molecular complexity index is 790. The largest absolute Gasteiger partial charge is 0.384 e. The molecule has 0 spiro atoms. The zero-order valence-corrected chi connectivity index (χ0v) is 16.3. The molecule has 0 aliphatic carbocycles. The SMILES string of the molecule is CCCCCCCCNc1cccc2c1C(=O)N(C1CCC(=O)NC1=O)C2=O. The van der Waals surface area contributed by atoms with Gasteiger partial charge in [-0.15, -0.1) is 0 Å². The molecule has 150 valence electrons. The molecule has 1 atom stereocenters. The molecule has 1 saturated heterocycles. The molecule has 4 amide bonds. The third kappa shape index (κ3) is 4.08. The highest BCUT2D eigenvalue weighted by atomic mass is 16.2. The second kappa shape index (κ2) is 8.99. The number of nitrogens with one attached hydrogen (secondary N) is 2. The summed E-state index contributed by atoms with van der Waals surface area (Å²) in [5.74, 6) is -1.91. The maximum absolute atomic E-state index is 13.0. The van der Waals surface area contributed by atoms with Crippen LogP contribution in [0.4, 0.5) is 5.69 Å². The maximum Gasteiger partial charge on any atom is 0.264 e. The van der Waals surface area contributed by atoms with Crippen LogP contribution in [0.15, 0.2) is 18.2 Å². The molecule has 1 fully saturated rings. The van der Waals surface area contributed by atoms with Crippen molar-refractivity contribution in [3.8, 4) is 0 Å². The summed E-state index contributed by atoms with van der Waals surface area (Å²) in [5, 5.41) is 5.49. The minimum Gasteiger partial charge on any atom is -0.384 e. The number of imide groups is 2. The predicted octanol–water partition coefficient (Wildman–Crippen LogP) is 2.86. The smallest absolute Gasteiger partial charge is 0.264 e. The quantitative estimate of drug-likeness (QED) is 0.503. The summed E-state index contributed by atoms with van der Waals surface area (Å²) in [6, 6.07) is 4.20. The van der Waals surface area contributed by atoms with E-state index in [9.17, 15) is 19.2 Å². The summed E-state index contributed by atoms with van der Waals surface area (Å²) in [4.78, 5) is 50.3. The minimum absolute atomic E-state index is 0.118. The minimum atomic E-state index is -0.934. The number of rotatable bonds is 9. The lowest BCUT2D eigenvalue weighted by molar-refractivity contribution is -0.136. The first kappa shape index (κ1) is 20.0. The summed E-state index contributed by atoms with van der Waals surface area (Å²) in [7, 11) is 0. The van der Waals surface area contributed by atoms with Crippen LogP contribution in [0.5, 0.6) is 0 Å². The zero-order valence-electron chi connectivity index (χ0n) is 16.3. The van der Waals surface area contributed by atoms with Gasteiger partial charge in [-0.05, 0) is 25.0 Å². The molecule has 1 aromatic rings. The lowest BCUT2D eigenvalue weighted by Crippen LogP contribution is -2.54. The molecule has 0 radical (unpaired) electrons. The Kier molecular flexibility index (Phi) is 6.44. The number of piperidine rings is 1. The van der Waals surface area contributed by atoms with Crippen LogP contribution >= 0.6 is 0 Å². The fraction of sp³-hybridized carbons (Fsp3) is 0.524. The Morgan fingerprint density at radius 2 is 1.79 bits per heavy atom. The van der Waals surface area contributed by atoms with Gasteiger partial charge in [0.25, 0.3) is 11.8 Å². The molecule has 2 aliphatic heterocycles. The van der Waals surface area contributed by atoms with Gasteiger partial charge in [0.1, 0.15) is 6.04 Å². The van der Waals surface area contributed by atoms with Crippen LogP contribution in [-0.4, -0.2) is 41.1 Å². The lowest BCUT2D eigenvalue weighted by atomic mass is 10.0. The molecule has 0 saturated carbocycles. The Hall–Kier alpha value is -2.70. The van der Waals surface area contributed by atoms with Gasteiger partial charge in [0, 0.05) is 18.7 Å². The zero-order chi connectivity index (χ0) is 20.1. The summed E-state index contributed by atoms with van der Waals surface area (Å²) in [6.07, 6.45) is 7.31. The van der Waals surface area contributed by atoms with Gasteiger partial charge >= 0.3 is 0 Å². The molecular weight excluding hydrogens is 358 g/mol. The van der Waals surface area contributed by atoms with E-state index < -0.39 is 23.8 Å². The van der Waals surface area contributed by atoms with E-state index >= 15 is 0 Å². The molecule has 1 unspecified atom stereocenters. The van der Waals surface area contributed by atoms with E-state index in [4.69, 9.17) is 0 Å². The van der Waals surface area contributed by atoms with Gasteiger partial charge in [0.2, 0.25) is 11.8 Å². The van der Waals surface area contributed by atoms with Crippen LogP contribution in [0.3, 0.4) is 0 Å². The molecule has 1 aromatic carbocycles. The first-order valence-corrected chi connectivity index (χ1v) is 10.1. The topological polar surface area (TPSA) is 95.6 Å². The van der Waals surface area contributed by atoms with Gasteiger partial charge in [-0.25, -0.2) is 0 Å². The van der Waals surface area contributed by atoms with Gasteiger partial charge in [0.05, 0.1) is 11.1 Å². The molecule has 3 rings (SSSR count). The summed E-state index contributed by atoms with van der Waals surface area (Å²) in [6.45, 7) is 2.91. The molecule has 0 aromatic heterocycles. The number of fused-ring (bicyclic) bond motifs is 1. The molecule has 2 aliphatic rings. The number of benzene rings is 1. The van der Waals surface area contributed by atoms with E-state index in [1.165, 1.54) is 25.7 Å². The van der Waals surface area contributed by atoms with Crippen LogP contribution < -0.4 is 10.6 Å². The Balaban J connectivity index is 1.66. The Morgan fingerprint density at radius 3 is 2.54 bits per heavy atom. The molecule has 2 N–H and O–H groups in total. The third-order valence-corrected chi connectivity index (χ3v) is 5.31. The summed E-state index contributed by atoms with van der Waals surface area (Å²) >= 11 is 0. The monoisotopic (exact) mass is 385 g/mol. The second-order valence-electron chi connectivity index (χ2n) is 7.37. The van der Waals surface area contributed by atoms with Crippen LogP contribution in [0.2, 0.25) is 0 Å². The van der Waals surface area contributed by atoms with Gasteiger partial charge in [-0.3, -0.25) is 29.4 Å². The van der Waals surface area contributed by atoms with E-state index in [0.717, 1.165) is 24.3 Å². The third-order valence-electron chi connectivity index (χ3n) is 5.31. The van der Waals surface area contributed by atoms with E-state index in [0.29, 0.717) is 16.8 Å². The van der Waals surface area contributed by atoms with Crippen molar-refractivity contribution in [2.45, 2.75) is 64.3 Å². The molecular formula is C21H27N3O4. The average molecular weight is 385 g/mol. The molecule has 7 heteroatoms. The van der Waals surface area contributed by atoms with Crippen LogP contribution in [-0.2, 0) is 9.59 Å². The Morgan fingerprint density at radius 1 is 1.04 bits per heavy atom. The van der Waals surface area contributed by atoms with E-state index in [1.54, 1.807) is 18.2 Å². The number of unbranched alkanes of at least 4 members (excludes halogenated alkanes) is 5. The highest BCUT2D eigenvalue weighted by Gasteiger charge is 2.45. The van der Waals surface area contributed by atoms with E-state index in [1.807, 2.05) is 0 Å². The number of nitrogens with zero attached hydrogens (tertiary/aromatic N) is 1. The van der Waals surface area contributed by atoms with Crippen LogP contribution in [0.25, 0.3) is 0 Å². The number of amides is 4. The lowest BCUT2D eigenvalue weighted by Gasteiger charge is -2.27. The van der Waals surface area contributed by atoms with E-state index in [-0.39, 0.29) is 18.7 Å². The first-order chi connectivity index (χ1) is 13.5. The standard InChI is InChI=1S/C21H27N3O4/c1-2-3-4-5-6-7-13-22-15-10-8-9-14-18(15)21(28)24(20(14)27)16-11-12-17(25)23-19(16)26/h8-10,16,22H,2-7,11-13H2,1H3,(H,23,25,26). The van der Waals surface area contributed by atoms with Gasteiger partial charge in [-0.2, -0.15) is 0 Å². The molecule has 0 bridgehead atoms. The highest BCUT2D eigenvalue weighted by Crippen LogP contribution is 2.32. The summed E-state index contributed by atoms with van der Waals surface area (Å²) < 4.78 is 0. The van der Waals surface area contributed by atoms with Crippen LogP contribution in [0, 0.1) is 0 Å². The van der Waals surface area contributed by atoms with Crippen molar-refractivity contribution in [2.75, 3.05) is 11.9 Å². The predicted molar refractivity (Wildman–Crippen MR) is 105 cm³/mol. The van der Waals surface area contributed by atoms with Crippen LogP contribution in [0.1, 0.15) is 79.0 Å². The normalized spacial score (nSPS) is 19.0. The number of carbonyl (C=O) groups excluding carboxylic acids is 4. The first-order valence-electron chi connectivity index (χ1n) is 10.1. The number of hydrogen-bond donors (Lipinski definition) is 2. The Labute approximate surface area is 164 Å². The van der Waals surface area contributed by atoms with Crippen molar-refractivity contribution >= 4 is 29.3 Å². The molecule has 28 heavy (non-hydrogen) atoms. The van der Waals surface area contributed by atoms with Crippen molar-refractivity contribution in [3.05, 3.63) is 29.3 Å². The van der Waals surface area contributed by atoms with Crippen molar-refractivity contribution in [2.24, 2.45) is 0 Å². The van der Waals surface area contributed by atoms with Crippen molar-refractivity contribution < 1.29 is 19.2 Å². The number of anilines is 1. The van der Waals surface area contributed by atoms with Crippen molar-refractivity contribution in [1.82, 2.24) is 10.2 Å². The summed E-state index contributed by atoms with van der Waals surface area (Å²) in [5.41, 5.74) is 1.25. The van der Waals surface area contributed by atoms with Crippen molar-refractivity contribution in [1.29, 1.82) is 0 Å². The average Bonchev–Trinajstić information content (AvgIpc) is 2.93. The van der Waals surface area contributed by atoms with E-state index in [2.05, 4.69) is 17.6 Å². The highest BCUT2D eigenvalue weighted by molar-refractivity contribution is 6.25. The molecule has 2 heterocycles. The van der Waals surface area contributed by atoms with Gasteiger partial charge in [0.15, 0.2) is 0 Å². The van der Waals surface area contributed by atoms with Crippen molar-refractivity contribution in [3.63, 3.8) is 0 Å². The van der Waals surface area contributed by atoms with Gasteiger partial charge < -0.3 is 5.32 Å². The maximum atomic E-state index is 13.0. The second-order valence-corrected chi connectivity index (χ2v) is 7.37. The number of hydrogen-bond acceptors (Lipinski definition) is 5.